The fraction of sp³-hybridized carbons (Fsp3) is 0.400. The molecule has 1 aliphatic rings. The fourth-order valence-electron chi connectivity index (χ4n) is 3.04. The van der Waals surface area contributed by atoms with Crippen LogP contribution >= 0.6 is 11.8 Å². The van der Waals surface area contributed by atoms with Crippen LogP contribution in [0.1, 0.15) is 35.3 Å². The molecule has 1 aromatic carbocycles. The smallest absolute Gasteiger partial charge is 0.256 e. The van der Waals surface area contributed by atoms with Crippen LogP contribution in [0.2, 0.25) is 0 Å². The molecule has 25 heavy (non-hydrogen) atoms. The number of ether oxygens (including phenoxy) is 1. The Morgan fingerprint density at radius 1 is 1.16 bits per heavy atom. The molecule has 5 heteroatoms. The van der Waals surface area contributed by atoms with Crippen LogP contribution in [-0.4, -0.2) is 41.1 Å². The molecule has 0 aliphatic carbocycles. The summed E-state index contributed by atoms with van der Waals surface area (Å²) in [5.41, 5.74) is 3.16. The molecule has 4 nitrogen and oxygen atoms in total. The summed E-state index contributed by atoms with van der Waals surface area (Å²) in [7, 11) is 0. The van der Waals surface area contributed by atoms with Gasteiger partial charge in [0.25, 0.3) is 5.91 Å². The van der Waals surface area contributed by atoms with E-state index in [4.69, 9.17) is 4.74 Å². The van der Waals surface area contributed by atoms with E-state index in [-0.39, 0.29) is 18.1 Å². The molecule has 132 valence electrons. The lowest BCUT2D eigenvalue weighted by atomic mass is 10.1. The molecule has 2 heterocycles. The summed E-state index contributed by atoms with van der Waals surface area (Å²) in [6.45, 7) is 9.44. The first-order valence-electron chi connectivity index (χ1n) is 8.59. The van der Waals surface area contributed by atoms with E-state index in [1.165, 1.54) is 11.1 Å². The van der Waals surface area contributed by atoms with Crippen LogP contribution in [0, 0.1) is 13.8 Å². The number of hydrogen-bond donors (Lipinski definition) is 0. The molecule has 2 atom stereocenters. The molecule has 0 unspecified atom stereocenters. The van der Waals surface area contributed by atoms with Gasteiger partial charge in [-0.1, -0.05) is 17.8 Å². The second-order valence-corrected chi connectivity index (χ2v) is 7.73. The van der Waals surface area contributed by atoms with Crippen molar-refractivity contribution in [3.05, 3.63) is 53.2 Å². The maximum Gasteiger partial charge on any atom is 0.256 e. The Labute approximate surface area is 153 Å². The highest BCUT2D eigenvalue weighted by Gasteiger charge is 2.28. The summed E-state index contributed by atoms with van der Waals surface area (Å²) in [6.07, 6.45) is 1.85. The van der Waals surface area contributed by atoms with Gasteiger partial charge in [0, 0.05) is 24.2 Å². The van der Waals surface area contributed by atoms with Gasteiger partial charge in [-0.25, -0.2) is 4.98 Å². The zero-order valence-electron chi connectivity index (χ0n) is 15.2. The Bertz CT molecular complexity index is 768. The Morgan fingerprint density at radius 2 is 1.88 bits per heavy atom. The standard InChI is InChI=1S/C20H24N2O2S/c1-13-7-8-17(10-14(13)2)25-19-18(6-5-9-21-19)20(23)22-11-15(3)24-16(4)12-22/h5-10,15-16H,11-12H2,1-4H3/t15-,16+. The van der Waals surface area contributed by atoms with Gasteiger partial charge < -0.3 is 9.64 Å². The number of aryl methyl sites for hydroxylation is 2. The van der Waals surface area contributed by atoms with Crippen molar-refractivity contribution in [2.45, 2.75) is 49.8 Å². The Morgan fingerprint density at radius 3 is 2.56 bits per heavy atom. The predicted molar refractivity (Wildman–Crippen MR) is 100 cm³/mol. The van der Waals surface area contributed by atoms with Gasteiger partial charge in [-0.3, -0.25) is 4.79 Å². The molecule has 2 aromatic rings. The van der Waals surface area contributed by atoms with E-state index in [1.54, 1.807) is 18.0 Å². The van der Waals surface area contributed by atoms with Gasteiger partial charge in [-0.2, -0.15) is 0 Å². The van der Waals surface area contributed by atoms with Crippen LogP contribution in [0.3, 0.4) is 0 Å². The summed E-state index contributed by atoms with van der Waals surface area (Å²) in [4.78, 5) is 20.5. The number of pyridine rings is 1. The van der Waals surface area contributed by atoms with Gasteiger partial charge in [0.15, 0.2) is 0 Å². The highest BCUT2D eigenvalue weighted by Crippen LogP contribution is 2.31. The number of benzene rings is 1. The van der Waals surface area contributed by atoms with Crippen LogP contribution in [-0.2, 0) is 4.74 Å². The number of carbonyl (C=O) groups excluding carboxylic acids is 1. The van der Waals surface area contributed by atoms with E-state index in [9.17, 15) is 4.79 Å². The second-order valence-electron chi connectivity index (χ2n) is 6.67. The molecule has 1 aliphatic heterocycles. The first-order valence-corrected chi connectivity index (χ1v) is 9.40. The van der Waals surface area contributed by atoms with Gasteiger partial charge in [-0.15, -0.1) is 0 Å². The van der Waals surface area contributed by atoms with Gasteiger partial charge in [-0.05, 0) is 63.1 Å². The number of hydrogen-bond acceptors (Lipinski definition) is 4. The van der Waals surface area contributed by atoms with Gasteiger partial charge >= 0.3 is 0 Å². The second kappa shape index (κ2) is 7.58. The third-order valence-electron chi connectivity index (χ3n) is 4.40. The van der Waals surface area contributed by atoms with Crippen LogP contribution < -0.4 is 0 Å². The number of rotatable bonds is 3. The lowest BCUT2D eigenvalue weighted by Crippen LogP contribution is -2.48. The SMILES string of the molecule is Cc1ccc(Sc2ncccc2C(=O)N2C[C@@H](C)O[C@@H](C)C2)cc1C. The van der Waals surface area contributed by atoms with Crippen molar-refractivity contribution < 1.29 is 9.53 Å². The minimum atomic E-state index is 0.0291. The van der Waals surface area contributed by atoms with E-state index >= 15 is 0 Å². The molecule has 1 fully saturated rings. The molecule has 1 saturated heterocycles. The van der Waals surface area contributed by atoms with E-state index in [0.717, 1.165) is 9.92 Å². The minimum Gasteiger partial charge on any atom is -0.372 e. The normalized spacial score (nSPS) is 20.6. The van der Waals surface area contributed by atoms with Crippen molar-refractivity contribution in [1.29, 1.82) is 0 Å². The number of morpholine rings is 1. The monoisotopic (exact) mass is 356 g/mol. The summed E-state index contributed by atoms with van der Waals surface area (Å²) in [5.74, 6) is 0.0291. The van der Waals surface area contributed by atoms with Crippen molar-refractivity contribution >= 4 is 17.7 Å². The van der Waals surface area contributed by atoms with Gasteiger partial charge in [0.1, 0.15) is 5.03 Å². The summed E-state index contributed by atoms with van der Waals surface area (Å²) in [6, 6.07) is 10.0. The highest BCUT2D eigenvalue weighted by atomic mass is 32.2. The van der Waals surface area contributed by atoms with Crippen molar-refractivity contribution in [2.75, 3.05) is 13.1 Å². The summed E-state index contributed by atoms with van der Waals surface area (Å²) < 4.78 is 5.74. The first kappa shape index (κ1) is 18.0. The van der Waals surface area contributed by atoms with E-state index in [2.05, 4.69) is 37.0 Å². The predicted octanol–water partition coefficient (Wildman–Crippen LogP) is 4.10. The third kappa shape index (κ3) is 4.22. The zero-order valence-corrected chi connectivity index (χ0v) is 16.0. The molecular weight excluding hydrogens is 332 g/mol. The number of aromatic nitrogens is 1. The average Bonchev–Trinajstić information content (AvgIpc) is 2.57. The molecule has 3 rings (SSSR count). The third-order valence-corrected chi connectivity index (χ3v) is 5.41. The summed E-state index contributed by atoms with van der Waals surface area (Å²) >= 11 is 1.54. The maximum absolute atomic E-state index is 13.0. The van der Waals surface area contributed by atoms with Gasteiger partial charge in [0.2, 0.25) is 0 Å². The Balaban J connectivity index is 1.85. The van der Waals surface area contributed by atoms with Crippen molar-refractivity contribution in [3.8, 4) is 0 Å². The zero-order chi connectivity index (χ0) is 18.0. The quantitative estimate of drug-likeness (QED) is 0.830. The average molecular weight is 356 g/mol. The van der Waals surface area contributed by atoms with Crippen molar-refractivity contribution in [1.82, 2.24) is 9.88 Å². The Hall–Kier alpha value is -1.85. The highest BCUT2D eigenvalue weighted by molar-refractivity contribution is 7.99. The molecule has 0 spiro atoms. The largest absolute Gasteiger partial charge is 0.372 e. The van der Waals surface area contributed by atoms with Crippen LogP contribution in [0.4, 0.5) is 0 Å². The van der Waals surface area contributed by atoms with E-state index in [0.29, 0.717) is 18.7 Å². The van der Waals surface area contributed by atoms with Crippen molar-refractivity contribution in [3.63, 3.8) is 0 Å². The topological polar surface area (TPSA) is 42.4 Å². The molecular formula is C20H24N2O2S. The Kier molecular flexibility index (Phi) is 5.45. The van der Waals surface area contributed by atoms with E-state index < -0.39 is 0 Å². The maximum atomic E-state index is 13.0. The molecule has 0 bridgehead atoms. The first-order chi connectivity index (χ1) is 11.9. The molecule has 0 radical (unpaired) electrons. The molecule has 0 saturated carbocycles. The van der Waals surface area contributed by atoms with Crippen molar-refractivity contribution in [2.24, 2.45) is 0 Å². The molecule has 0 N–H and O–H groups in total. The summed E-state index contributed by atoms with van der Waals surface area (Å²) in [5, 5.41) is 0.752. The lowest BCUT2D eigenvalue weighted by molar-refractivity contribution is -0.0587. The number of nitrogens with zero attached hydrogens (tertiary/aromatic N) is 2. The molecule has 1 amide bonds. The van der Waals surface area contributed by atoms with Crippen LogP contribution in [0.5, 0.6) is 0 Å². The van der Waals surface area contributed by atoms with E-state index in [1.807, 2.05) is 30.9 Å². The molecule has 1 aromatic heterocycles. The van der Waals surface area contributed by atoms with Gasteiger partial charge in [0.05, 0.1) is 17.8 Å². The van der Waals surface area contributed by atoms with Crippen LogP contribution in [0.15, 0.2) is 46.5 Å². The number of carbonyl (C=O) groups is 1. The fourth-order valence-corrected chi connectivity index (χ4v) is 4.01. The number of amides is 1. The minimum absolute atomic E-state index is 0.0291. The van der Waals surface area contributed by atoms with Crippen LogP contribution in [0.25, 0.3) is 0 Å². The lowest BCUT2D eigenvalue weighted by Gasteiger charge is -2.35.